The first-order valence-electron chi connectivity index (χ1n) is 8.90. The third-order valence-corrected chi connectivity index (χ3v) is 5.49. The smallest absolute Gasteiger partial charge is 0.338 e. The van der Waals surface area contributed by atoms with Crippen molar-refractivity contribution >= 4 is 27.6 Å². The van der Waals surface area contributed by atoms with E-state index < -0.39 is 33.8 Å². The molecule has 0 aliphatic heterocycles. The average molecular weight is 422 g/mol. The van der Waals surface area contributed by atoms with Gasteiger partial charge in [-0.05, 0) is 64.1 Å². The zero-order valence-electron chi connectivity index (χ0n) is 16.5. The normalized spacial score (nSPS) is 12.3. The summed E-state index contributed by atoms with van der Waals surface area (Å²) >= 11 is 0. The summed E-state index contributed by atoms with van der Waals surface area (Å²) in [5.74, 6) is -1.75. The van der Waals surface area contributed by atoms with Gasteiger partial charge in [0.05, 0.1) is 10.5 Å². The van der Waals surface area contributed by atoms with E-state index in [1.807, 2.05) is 0 Å². The van der Waals surface area contributed by atoms with Gasteiger partial charge in [-0.25, -0.2) is 17.6 Å². The molecule has 7 nitrogen and oxygen atoms in total. The van der Waals surface area contributed by atoms with E-state index in [1.165, 1.54) is 56.3 Å². The fourth-order valence-corrected chi connectivity index (χ4v) is 3.76. The number of carbonyl (C=O) groups excluding carboxylic acids is 2. The molecule has 0 radical (unpaired) electrons. The van der Waals surface area contributed by atoms with E-state index >= 15 is 0 Å². The van der Waals surface area contributed by atoms with Crippen molar-refractivity contribution in [3.05, 3.63) is 59.4 Å². The lowest BCUT2D eigenvalue weighted by atomic mass is 10.2. The van der Waals surface area contributed by atoms with Crippen molar-refractivity contribution in [3.8, 4) is 0 Å². The van der Waals surface area contributed by atoms with Gasteiger partial charge < -0.3 is 10.1 Å². The summed E-state index contributed by atoms with van der Waals surface area (Å²) in [6.07, 6.45) is -0.973. The van der Waals surface area contributed by atoms with Crippen molar-refractivity contribution in [1.29, 1.82) is 0 Å². The van der Waals surface area contributed by atoms with Crippen LogP contribution in [0.1, 0.15) is 36.7 Å². The van der Waals surface area contributed by atoms with Crippen LogP contribution in [0.4, 0.5) is 10.1 Å². The van der Waals surface area contributed by atoms with Crippen LogP contribution in [0.5, 0.6) is 0 Å². The number of nitrogens with one attached hydrogen (secondary N) is 2. The van der Waals surface area contributed by atoms with Crippen molar-refractivity contribution in [3.63, 3.8) is 0 Å². The summed E-state index contributed by atoms with van der Waals surface area (Å²) in [4.78, 5) is 23.8. The van der Waals surface area contributed by atoms with Crippen molar-refractivity contribution in [2.75, 3.05) is 4.72 Å². The predicted molar refractivity (Wildman–Crippen MR) is 107 cm³/mol. The number of carbonyl (C=O) groups is 2. The van der Waals surface area contributed by atoms with Crippen LogP contribution in [0.2, 0.25) is 0 Å². The van der Waals surface area contributed by atoms with Crippen LogP contribution in [0, 0.1) is 12.7 Å². The fourth-order valence-electron chi connectivity index (χ4n) is 2.45. The second kappa shape index (κ2) is 9.04. The molecule has 0 saturated heterocycles. The van der Waals surface area contributed by atoms with Crippen molar-refractivity contribution in [1.82, 2.24) is 5.32 Å². The highest BCUT2D eigenvalue weighted by molar-refractivity contribution is 7.92. The van der Waals surface area contributed by atoms with Crippen LogP contribution in [0.15, 0.2) is 47.4 Å². The van der Waals surface area contributed by atoms with E-state index in [0.717, 1.165) is 0 Å². The minimum absolute atomic E-state index is 0.00820. The monoisotopic (exact) mass is 422 g/mol. The molecule has 156 valence electrons. The van der Waals surface area contributed by atoms with E-state index in [2.05, 4.69) is 10.0 Å². The molecule has 2 N–H and O–H groups in total. The molecule has 0 saturated carbocycles. The maximum absolute atomic E-state index is 13.6. The highest BCUT2D eigenvalue weighted by atomic mass is 32.2. The molecule has 0 unspecified atom stereocenters. The lowest BCUT2D eigenvalue weighted by molar-refractivity contribution is -0.129. The molecule has 0 aliphatic carbocycles. The van der Waals surface area contributed by atoms with Gasteiger partial charge in [-0.2, -0.15) is 0 Å². The predicted octanol–water partition coefficient (Wildman–Crippen LogP) is 3.00. The number of esters is 1. The van der Waals surface area contributed by atoms with E-state index in [9.17, 15) is 22.4 Å². The van der Waals surface area contributed by atoms with Gasteiger partial charge >= 0.3 is 5.97 Å². The molecule has 0 bridgehead atoms. The SMILES string of the molecule is Cc1c(F)cccc1S(=O)(=O)Nc1ccc(C(=O)O[C@@H](C)C(=O)NC(C)C)cc1. The number of hydrogen-bond acceptors (Lipinski definition) is 5. The Kier molecular flexibility index (Phi) is 6.97. The second-order valence-electron chi connectivity index (χ2n) is 6.76. The molecule has 0 fully saturated rings. The number of sulfonamides is 1. The molecule has 2 aromatic carbocycles. The number of rotatable bonds is 7. The van der Waals surface area contributed by atoms with Crippen LogP contribution in [0.25, 0.3) is 0 Å². The van der Waals surface area contributed by atoms with Gasteiger partial charge in [-0.1, -0.05) is 6.07 Å². The lowest BCUT2D eigenvalue weighted by Crippen LogP contribution is -2.39. The lowest BCUT2D eigenvalue weighted by Gasteiger charge is -2.15. The third kappa shape index (κ3) is 5.77. The highest BCUT2D eigenvalue weighted by Gasteiger charge is 2.21. The Hall–Kier alpha value is -2.94. The Morgan fingerprint density at radius 1 is 1.03 bits per heavy atom. The molecule has 1 atom stereocenters. The average Bonchev–Trinajstić information content (AvgIpc) is 2.63. The number of halogens is 1. The largest absolute Gasteiger partial charge is 0.449 e. The second-order valence-corrected chi connectivity index (χ2v) is 8.41. The molecule has 2 aromatic rings. The summed E-state index contributed by atoms with van der Waals surface area (Å²) < 4.78 is 46.1. The Bertz CT molecular complexity index is 1000. The first-order valence-corrected chi connectivity index (χ1v) is 10.4. The molecule has 29 heavy (non-hydrogen) atoms. The Morgan fingerprint density at radius 3 is 2.24 bits per heavy atom. The molecule has 0 aromatic heterocycles. The van der Waals surface area contributed by atoms with Crippen LogP contribution >= 0.6 is 0 Å². The summed E-state index contributed by atoms with van der Waals surface area (Å²) in [7, 11) is -4.00. The van der Waals surface area contributed by atoms with Crippen LogP contribution in [0.3, 0.4) is 0 Å². The van der Waals surface area contributed by atoms with Crippen LogP contribution in [-0.2, 0) is 19.6 Å². The van der Waals surface area contributed by atoms with Gasteiger partial charge in [0.2, 0.25) is 0 Å². The third-order valence-electron chi connectivity index (χ3n) is 3.96. The number of benzene rings is 2. The summed E-state index contributed by atoms with van der Waals surface area (Å²) in [6, 6.07) is 9.19. The molecule has 2 rings (SSSR count). The van der Waals surface area contributed by atoms with E-state index in [-0.39, 0.29) is 27.8 Å². The van der Waals surface area contributed by atoms with E-state index in [4.69, 9.17) is 4.74 Å². The molecular weight excluding hydrogens is 399 g/mol. The fraction of sp³-hybridized carbons (Fsp3) is 0.300. The van der Waals surface area contributed by atoms with Crippen molar-refractivity contribution < 1.29 is 27.1 Å². The van der Waals surface area contributed by atoms with Gasteiger partial charge in [0.25, 0.3) is 15.9 Å². The summed E-state index contributed by atoms with van der Waals surface area (Å²) in [6.45, 7) is 6.41. The molecule has 0 spiro atoms. The Balaban J connectivity index is 2.09. The van der Waals surface area contributed by atoms with Gasteiger partial charge in [-0.15, -0.1) is 0 Å². The minimum Gasteiger partial charge on any atom is -0.449 e. The molecule has 0 aliphatic rings. The van der Waals surface area contributed by atoms with Gasteiger partial charge in [-0.3, -0.25) is 9.52 Å². The minimum atomic E-state index is -4.00. The molecular formula is C20H23FN2O5S. The summed E-state index contributed by atoms with van der Waals surface area (Å²) in [5, 5.41) is 2.64. The number of hydrogen-bond donors (Lipinski definition) is 2. The number of ether oxygens (including phenoxy) is 1. The van der Waals surface area contributed by atoms with Gasteiger partial charge in [0.15, 0.2) is 6.10 Å². The van der Waals surface area contributed by atoms with Gasteiger partial charge in [0.1, 0.15) is 5.82 Å². The zero-order valence-corrected chi connectivity index (χ0v) is 17.3. The maximum Gasteiger partial charge on any atom is 0.338 e. The summed E-state index contributed by atoms with van der Waals surface area (Å²) in [5.41, 5.74) is 0.351. The van der Waals surface area contributed by atoms with Crippen molar-refractivity contribution in [2.24, 2.45) is 0 Å². The topological polar surface area (TPSA) is 102 Å². The van der Waals surface area contributed by atoms with E-state index in [0.29, 0.717) is 0 Å². The quantitative estimate of drug-likeness (QED) is 0.668. The number of anilines is 1. The molecule has 1 amide bonds. The van der Waals surface area contributed by atoms with Crippen LogP contribution < -0.4 is 10.0 Å². The van der Waals surface area contributed by atoms with Crippen LogP contribution in [-0.4, -0.2) is 32.4 Å². The Morgan fingerprint density at radius 2 is 1.66 bits per heavy atom. The first kappa shape index (κ1) is 22.4. The molecule has 9 heteroatoms. The first-order chi connectivity index (χ1) is 13.5. The Labute approximate surface area is 169 Å². The molecule has 0 heterocycles. The maximum atomic E-state index is 13.6. The van der Waals surface area contributed by atoms with E-state index in [1.54, 1.807) is 13.8 Å². The highest BCUT2D eigenvalue weighted by Crippen LogP contribution is 2.21. The van der Waals surface area contributed by atoms with Gasteiger partial charge in [0, 0.05) is 17.3 Å². The van der Waals surface area contributed by atoms with Crippen molar-refractivity contribution in [2.45, 2.75) is 44.7 Å². The zero-order chi connectivity index (χ0) is 21.8. The standard InChI is InChI=1S/C20H23FN2O5S/c1-12(2)22-19(24)14(4)28-20(25)15-8-10-16(11-9-15)23-29(26,27)18-7-5-6-17(21)13(18)3/h5-12,14,23H,1-4H3,(H,22,24)/t14-/m0/s1. The number of amides is 1.